The monoisotopic (exact) mass is 265 g/mol. The van der Waals surface area contributed by atoms with Crippen molar-refractivity contribution < 1.29 is 0 Å². The van der Waals surface area contributed by atoms with Crippen LogP contribution in [0.25, 0.3) is 0 Å². The second-order valence-corrected chi connectivity index (χ2v) is 7.17. The predicted octanol–water partition coefficient (Wildman–Crippen LogP) is 1.74. The fraction of sp³-hybridized carbons (Fsp3) is 1.00. The third-order valence-electron chi connectivity index (χ3n) is 5.80. The van der Waals surface area contributed by atoms with Crippen LogP contribution in [-0.4, -0.2) is 72.6 Å². The molecule has 0 radical (unpaired) electrons. The summed E-state index contributed by atoms with van der Waals surface area (Å²) in [7, 11) is 0. The predicted molar refractivity (Wildman–Crippen MR) is 80.4 cm³/mol. The lowest BCUT2D eigenvalue weighted by atomic mass is 9.93. The number of likely N-dealkylation sites (tertiary alicyclic amines) is 1. The number of nitrogens with zero attached hydrogens (tertiary/aromatic N) is 3. The van der Waals surface area contributed by atoms with Gasteiger partial charge in [-0.05, 0) is 45.1 Å². The Morgan fingerprint density at radius 1 is 1.00 bits per heavy atom. The first kappa shape index (κ1) is 13.8. The summed E-state index contributed by atoms with van der Waals surface area (Å²) in [6.07, 6.45) is 2.95. The smallest absolute Gasteiger partial charge is 0.0110 e. The number of fused-ring (bicyclic) bond motifs is 2. The standard InChI is InChI=1S/C16H31N3/c1-4-17-5-7-18(8-6-17)11-14-9-16-10-15(14)12-19(16)13(2)3/h13-16H,4-12H2,1-3H3/t14-,15+,16+/m1/s1. The van der Waals surface area contributed by atoms with Crippen molar-refractivity contribution in [2.45, 2.75) is 45.7 Å². The van der Waals surface area contributed by atoms with Gasteiger partial charge in [0.2, 0.25) is 0 Å². The minimum absolute atomic E-state index is 0.754. The highest BCUT2D eigenvalue weighted by Crippen LogP contribution is 2.43. The molecule has 3 fully saturated rings. The maximum Gasteiger partial charge on any atom is 0.0110 e. The van der Waals surface area contributed by atoms with Gasteiger partial charge in [-0.15, -0.1) is 0 Å². The molecule has 3 rings (SSSR count). The fourth-order valence-electron chi connectivity index (χ4n) is 4.57. The van der Waals surface area contributed by atoms with Crippen molar-refractivity contribution in [2.75, 3.05) is 45.8 Å². The van der Waals surface area contributed by atoms with E-state index in [2.05, 4.69) is 35.5 Å². The van der Waals surface area contributed by atoms with Crippen molar-refractivity contribution in [3.05, 3.63) is 0 Å². The third kappa shape index (κ3) is 2.84. The zero-order chi connectivity index (χ0) is 13.4. The van der Waals surface area contributed by atoms with E-state index in [1.165, 1.54) is 58.7 Å². The van der Waals surface area contributed by atoms with Crippen LogP contribution in [-0.2, 0) is 0 Å². The lowest BCUT2D eigenvalue weighted by Crippen LogP contribution is -2.49. The van der Waals surface area contributed by atoms with Gasteiger partial charge in [0, 0.05) is 51.4 Å². The fourth-order valence-corrected chi connectivity index (χ4v) is 4.57. The molecule has 0 amide bonds. The Kier molecular flexibility index (Phi) is 4.16. The highest BCUT2D eigenvalue weighted by molar-refractivity contribution is 4.99. The molecule has 3 heteroatoms. The largest absolute Gasteiger partial charge is 0.301 e. The third-order valence-corrected chi connectivity index (χ3v) is 5.80. The summed E-state index contributed by atoms with van der Waals surface area (Å²) in [6.45, 7) is 16.2. The molecule has 0 aromatic rings. The van der Waals surface area contributed by atoms with Gasteiger partial charge in [0.1, 0.15) is 0 Å². The zero-order valence-electron chi connectivity index (χ0n) is 13.0. The first-order valence-corrected chi connectivity index (χ1v) is 8.37. The number of rotatable bonds is 4. The van der Waals surface area contributed by atoms with Gasteiger partial charge in [-0.1, -0.05) is 6.92 Å². The van der Waals surface area contributed by atoms with Crippen LogP contribution in [0.15, 0.2) is 0 Å². The average Bonchev–Trinajstić information content (AvgIpc) is 2.99. The van der Waals surface area contributed by atoms with Gasteiger partial charge >= 0.3 is 0 Å². The van der Waals surface area contributed by atoms with Gasteiger partial charge in [0.25, 0.3) is 0 Å². The van der Waals surface area contributed by atoms with E-state index < -0.39 is 0 Å². The molecule has 0 aromatic heterocycles. The zero-order valence-corrected chi connectivity index (χ0v) is 13.0. The Balaban J connectivity index is 1.46. The lowest BCUT2D eigenvalue weighted by molar-refractivity contribution is 0.0853. The van der Waals surface area contributed by atoms with Gasteiger partial charge < -0.3 is 9.80 Å². The first-order valence-electron chi connectivity index (χ1n) is 8.37. The van der Waals surface area contributed by atoms with Crippen LogP contribution in [0.4, 0.5) is 0 Å². The summed E-state index contributed by atoms with van der Waals surface area (Å²) in [5.74, 6) is 1.99. The maximum absolute atomic E-state index is 2.75. The average molecular weight is 265 g/mol. The molecule has 0 N–H and O–H groups in total. The van der Waals surface area contributed by atoms with E-state index in [9.17, 15) is 0 Å². The maximum atomic E-state index is 2.75. The van der Waals surface area contributed by atoms with Crippen molar-refractivity contribution in [3.8, 4) is 0 Å². The van der Waals surface area contributed by atoms with E-state index in [0.717, 1.165) is 23.9 Å². The summed E-state index contributed by atoms with van der Waals surface area (Å²) in [5, 5.41) is 0. The second-order valence-electron chi connectivity index (χ2n) is 7.17. The highest BCUT2D eigenvalue weighted by Gasteiger charge is 2.45. The van der Waals surface area contributed by atoms with Crippen molar-refractivity contribution >= 4 is 0 Å². The van der Waals surface area contributed by atoms with Crippen LogP contribution < -0.4 is 0 Å². The molecule has 0 aromatic carbocycles. The summed E-state index contributed by atoms with van der Waals surface area (Å²) < 4.78 is 0. The van der Waals surface area contributed by atoms with E-state index in [0.29, 0.717) is 0 Å². The van der Waals surface area contributed by atoms with Crippen LogP contribution >= 0.6 is 0 Å². The van der Waals surface area contributed by atoms with Gasteiger partial charge in [-0.3, -0.25) is 4.90 Å². The molecule has 2 aliphatic heterocycles. The Morgan fingerprint density at radius 2 is 1.68 bits per heavy atom. The van der Waals surface area contributed by atoms with Crippen molar-refractivity contribution in [2.24, 2.45) is 11.8 Å². The van der Waals surface area contributed by atoms with Gasteiger partial charge in [0.15, 0.2) is 0 Å². The van der Waals surface area contributed by atoms with Gasteiger partial charge in [-0.2, -0.15) is 0 Å². The molecule has 2 bridgehead atoms. The second kappa shape index (κ2) is 5.71. The van der Waals surface area contributed by atoms with E-state index in [4.69, 9.17) is 0 Å². The Labute approximate surface area is 118 Å². The molecule has 3 atom stereocenters. The van der Waals surface area contributed by atoms with Gasteiger partial charge in [0.05, 0.1) is 0 Å². The van der Waals surface area contributed by atoms with Crippen molar-refractivity contribution in [1.29, 1.82) is 0 Å². The topological polar surface area (TPSA) is 9.72 Å². The summed E-state index contributed by atoms with van der Waals surface area (Å²) in [6, 6.07) is 1.66. The number of hydrogen-bond donors (Lipinski definition) is 0. The van der Waals surface area contributed by atoms with Crippen LogP contribution in [0.2, 0.25) is 0 Å². The minimum Gasteiger partial charge on any atom is -0.301 e. The van der Waals surface area contributed by atoms with Crippen LogP contribution in [0.3, 0.4) is 0 Å². The van der Waals surface area contributed by atoms with Crippen LogP contribution in [0.1, 0.15) is 33.6 Å². The Bertz CT molecular complexity index is 296. The molecule has 1 saturated carbocycles. The lowest BCUT2D eigenvalue weighted by Gasteiger charge is -2.39. The molecule has 2 saturated heterocycles. The molecule has 1 aliphatic carbocycles. The molecule has 0 spiro atoms. The number of likely N-dealkylation sites (N-methyl/N-ethyl adjacent to an activating group) is 1. The molecule has 19 heavy (non-hydrogen) atoms. The molecular formula is C16H31N3. The number of hydrogen-bond acceptors (Lipinski definition) is 3. The summed E-state index contributed by atoms with van der Waals surface area (Å²) >= 11 is 0. The van der Waals surface area contributed by atoms with E-state index >= 15 is 0 Å². The quantitative estimate of drug-likeness (QED) is 0.767. The molecule has 0 unspecified atom stereocenters. The Hall–Kier alpha value is -0.120. The summed E-state index contributed by atoms with van der Waals surface area (Å²) in [4.78, 5) is 8.06. The number of piperazine rings is 1. The first-order chi connectivity index (χ1) is 9.17. The van der Waals surface area contributed by atoms with Crippen LogP contribution in [0, 0.1) is 11.8 Å². The molecule has 110 valence electrons. The molecule has 2 heterocycles. The molecule has 3 aliphatic rings. The van der Waals surface area contributed by atoms with Crippen molar-refractivity contribution in [3.63, 3.8) is 0 Å². The van der Waals surface area contributed by atoms with E-state index in [1.54, 1.807) is 0 Å². The summed E-state index contributed by atoms with van der Waals surface area (Å²) in [5.41, 5.74) is 0. The van der Waals surface area contributed by atoms with E-state index in [1.807, 2.05) is 0 Å². The van der Waals surface area contributed by atoms with Crippen molar-refractivity contribution in [1.82, 2.24) is 14.7 Å². The normalized spacial score (nSPS) is 37.6. The van der Waals surface area contributed by atoms with Gasteiger partial charge in [-0.25, -0.2) is 0 Å². The highest BCUT2D eigenvalue weighted by atomic mass is 15.3. The molecular weight excluding hydrogens is 234 g/mol. The Morgan fingerprint density at radius 3 is 2.21 bits per heavy atom. The van der Waals surface area contributed by atoms with Crippen LogP contribution in [0.5, 0.6) is 0 Å². The minimum atomic E-state index is 0.754. The molecule has 3 nitrogen and oxygen atoms in total. The SMILES string of the molecule is CCN1CCN(C[C@H]2C[C@H]3C[C@H]2CN3C(C)C)CC1. The van der Waals surface area contributed by atoms with E-state index in [-0.39, 0.29) is 0 Å². The number of piperidine rings is 1.